The lowest BCUT2D eigenvalue weighted by Gasteiger charge is -2.30. The van der Waals surface area contributed by atoms with Crippen LogP contribution in [0.25, 0.3) is 10.9 Å². The van der Waals surface area contributed by atoms with E-state index in [0.717, 1.165) is 54.5 Å². The van der Waals surface area contributed by atoms with Gasteiger partial charge in [-0.1, -0.05) is 0 Å². The summed E-state index contributed by atoms with van der Waals surface area (Å²) in [4.78, 5) is 23.3. The van der Waals surface area contributed by atoms with Crippen LogP contribution in [0.1, 0.15) is 67.1 Å². The molecular weight excluding hydrogens is 495 g/mol. The summed E-state index contributed by atoms with van der Waals surface area (Å²) in [6.45, 7) is 3.53. The number of halogens is 3. The van der Waals surface area contributed by atoms with Crippen LogP contribution in [0, 0.1) is 12.8 Å². The number of alkyl halides is 3. The van der Waals surface area contributed by atoms with E-state index in [2.05, 4.69) is 15.3 Å². The molecule has 38 heavy (non-hydrogen) atoms. The minimum Gasteiger partial charge on any atom is -0.496 e. The van der Waals surface area contributed by atoms with Gasteiger partial charge in [-0.2, -0.15) is 13.2 Å². The lowest BCUT2D eigenvalue weighted by molar-refractivity contribution is -0.137. The number of nitrogens with two attached hydrogens (primary N) is 1. The summed E-state index contributed by atoms with van der Waals surface area (Å²) in [6.07, 6.45) is -1.20. The van der Waals surface area contributed by atoms with Crippen LogP contribution in [-0.2, 0) is 11.0 Å². The number of rotatable bonds is 6. The molecule has 1 fully saturated rings. The van der Waals surface area contributed by atoms with Gasteiger partial charge in [-0.15, -0.1) is 0 Å². The Labute approximate surface area is 220 Å². The van der Waals surface area contributed by atoms with Gasteiger partial charge in [-0.3, -0.25) is 4.79 Å². The van der Waals surface area contributed by atoms with Gasteiger partial charge < -0.3 is 20.7 Å². The summed E-state index contributed by atoms with van der Waals surface area (Å²) in [6, 6.07) is 6.96. The number of nitrogens with one attached hydrogen (secondary N) is 1. The highest BCUT2D eigenvalue weighted by Gasteiger charge is 2.32. The average Bonchev–Trinajstić information content (AvgIpc) is 2.86. The molecule has 1 aliphatic rings. The quantitative estimate of drug-likeness (QED) is 0.376. The lowest BCUT2D eigenvalue weighted by Crippen LogP contribution is -2.32. The van der Waals surface area contributed by atoms with Crippen molar-refractivity contribution in [2.45, 2.75) is 57.7 Å². The first-order valence-corrected chi connectivity index (χ1v) is 12.7. The van der Waals surface area contributed by atoms with Crippen LogP contribution < -0.4 is 15.8 Å². The summed E-state index contributed by atoms with van der Waals surface area (Å²) in [5.41, 5.74) is 7.13. The topological polar surface area (TPSA) is 93.4 Å². The highest BCUT2D eigenvalue weighted by molar-refractivity contribution is 5.91. The Morgan fingerprint density at radius 2 is 1.79 bits per heavy atom. The Kier molecular flexibility index (Phi) is 7.71. The van der Waals surface area contributed by atoms with E-state index in [9.17, 15) is 18.0 Å². The van der Waals surface area contributed by atoms with Gasteiger partial charge in [0.25, 0.3) is 0 Å². The largest absolute Gasteiger partial charge is 0.496 e. The molecule has 0 unspecified atom stereocenters. The van der Waals surface area contributed by atoms with Crippen LogP contribution in [-0.4, -0.2) is 42.0 Å². The van der Waals surface area contributed by atoms with E-state index in [1.165, 1.54) is 6.07 Å². The first kappa shape index (κ1) is 27.5. The standard InChI is InChI=1S/C28H34F3N5O2/c1-15(19-10-20(28(29,30)31)12-21(32)11-19)33-26-23-13-22(25(38-5)14-24(23)34-16(2)35-26)17-6-8-18(9-7-17)27(37)36(3)4/h10-15,17-18H,6-9,32H2,1-5H3,(H,33,34,35)/t15-,17?,18?/m1/s1. The molecular formula is C28H34F3N5O2. The number of nitrogen functional groups attached to an aromatic ring is 1. The third-order valence-corrected chi connectivity index (χ3v) is 7.27. The van der Waals surface area contributed by atoms with Gasteiger partial charge in [-0.05, 0) is 80.8 Å². The summed E-state index contributed by atoms with van der Waals surface area (Å²) in [5.74, 6) is 2.16. The maximum Gasteiger partial charge on any atom is 0.416 e. The lowest BCUT2D eigenvalue weighted by atomic mass is 9.77. The molecule has 3 aromatic rings. The average molecular weight is 530 g/mol. The molecule has 1 saturated carbocycles. The van der Waals surface area contributed by atoms with E-state index >= 15 is 0 Å². The molecule has 10 heteroatoms. The normalized spacial score (nSPS) is 18.7. The minimum atomic E-state index is -4.50. The molecule has 0 aliphatic heterocycles. The number of carbonyl (C=O) groups is 1. The third-order valence-electron chi connectivity index (χ3n) is 7.27. The fourth-order valence-electron chi connectivity index (χ4n) is 5.29. The molecule has 0 spiro atoms. The maximum atomic E-state index is 13.4. The molecule has 1 aromatic heterocycles. The highest BCUT2D eigenvalue weighted by atomic mass is 19.4. The number of methoxy groups -OCH3 is 1. The molecule has 204 valence electrons. The van der Waals surface area contributed by atoms with Crippen molar-refractivity contribution in [1.29, 1.82) is 0 Å². The Bertz CT molecular complexity index is 1330. The Balaban J connectivity index is 1.68. The van der Waals surface area contributed by atoms with Crippen LogP contribution in [0.4, 0.5) is 24.7 Å². The fourth-order valence-corrected chi connectivity index (χ4v) is 5.29. The molecule has 1 heterocycles. The first-order valence-electron chi connectivity index (χ1n) is 12.7. The SMILES string of the molecule is COc1cc2nc(C)nc(N[C@H](C)c3cc(N)cc(C(F)(F)F)c3)c2cc1C1CCC(C(=O)N(C)C)CC1. The van der Waals surface area contributed by atoms with Crippen molar-refractivity contribution in [1.82, 2.24) is 14.9 Å². The van der Waals surface area contributed by atoms with Crippen molar-refractivity contribution in [2.75, 3.05) is 32.3 Å². The minimum absolute atomic E-state index is 0.0247. The number of carbonyl (C=O) groups excluding carboxylic acids is 1. The number of hydrogen-bond donors (Lipinski definition) is 2. The second-order valence-corrected chi connectivity index (χ2v) is 10.3. The number of aryl methyl sites for hydroxylation is 1. The van der Waals surface area contributed by atoms with Crippen LogP contribution in [0.15, 0.2) is 30.3 Å². The molecule has 1 aliphatic carbocycles. The third kappa shape index (κ3) is 5.79. The number of amides is 1. The summed E-state index contributed by atoms with van der Waals surface area (Å²) in [5, 5.41) is 4.04. The van der Waals surface area contributed by atoms with E-state index < -0.39 is 17.8 Å². The Hall–Kier alpha value is -3.56. The van der Waals surface area contributed by atoms with Gasteiger partial charge >= 0.3 is 6.18 Å². The number of benzene rings is 2. The zero-order valence-electron chi connectivity index (χ0n) is 22.3. The van der Waals surface area contributed by atoms with Crippen molar-refractivity contribution in [3.05, 3.63) is 52.8 Å². The first-order chi connectivity index (χ1) is 17.9. The molecule has 0 saturated heterocycles. The number of anilines is 2. The number of fused-ring (bicyclic) bond motifs is 1. The number of aromatic nitrogens is 2. The second-order valence-electron chi connectivity index (χ2n) is 10.3. The predicted molar refractivity (Wildman–Crippen MR) is 142 cm³/mol. The summed E-state index contributed by atoms with van der Waals surface area (Å²) in [7, 11) is 5.19. The van der Waals surface area contributed by atoms with Gasteiger partial charge in [0.1, 0.15) is 17.4 Å². The van der Waals surface area contributed by atoms with Crippen LogP contribution in [0.5, 0.6) is 5.75 Å². The van der Waals surface area contributed by atoms with Gasteiger partial charge in [0, 0.05) is 37.2 Å². The van der Waals surface area contributed by atoms with Crippen molar-refractivity contribution in [3.8, 4) is 5.75 Å². The fraction of sp³-hybridized carbons (Fsp3) is 0.464. The van der Waals surface area contributed by atoms with Crippen LogP contribution >= 0.6 is 0 Å². The molecule has 0 radical (unpaired) electrons. The summed E-state index contributed by atoms with van der Waals surface area (Å²) < 4.78 is 45.8. The zero-order valence-corrected chi connectivity index (χ0v) is 22.3. The molecule has 4 rings (SSSR count). The molecule has 1 amide bonds. The van der Waals surface area contributed by atoms with Crippen molar-refractivity contribution >= 4 is 28.3 Å². The number of hydrogen-bond acceptors (Lipinski definition) is 6. The van der Waals surface area contributed by atoms with Gasteiger partial charge in [0.05, 0.1) is 24.2 Å². The van der Waals surface area contributed by atoms with E-state index in [-0.39, 0.29) is 23.4 Å². The van der Waals surface area contributed by atoms with E-state index in [4.69, 9.17) is 10.5 Å². The predicted octanol–water partition coefficient (Wildman–Crippen LogP) is 6.08. The van der Waals surface area contributed by atoms with Crippen molar-refractivity contribution in [3.63, 3.8) is 0 Å². The van der Waals surface area contributed by atoms with E-state index in [1.807, 2.05) is 12.1 Å². The maximum absolute atomic E-state index is 13.4. The molecule has 1 atom stereocenters. The molecule has 0 bridgehead atoms. The van der Waals surface area contributed by atoms with Crippen LogP contribution in [0.2, 0.25) is 0 Å². The smallest absolute Gasteiger partial charge is 0.416 e. The van der Waals surface area contributed by atoms with Crippen LogP contribution in [0.3, 0.4) is 0 Å². The van der Waals surface area contributed by atoms with Gasteiger partial charge in [0.15, 0.2) is 0 Å². The van der Waals surface area contributed by atoms with Gasteiger partial charge in [-0.25, -0.2) is 9.97 Å². The monoisotopic (exact) mass is 529 g/mol. The van der Waals surface area contributed by atoms with Gasteiger partial charge in [0.2, 0.25) is 5.91 Å². The number of ether oxygens (including phenoxy) is 1. The van der Waals surface area contributed by atoms with Crippen molar-refractivity contribution < 1.29 is 22.7 Å². The van der Waals surface area contributed by atoms with Crippen molar-refractivity contribution in [2.24, 2.45) is 5.92 Å². The highest BCUT2D eigenvalue weighted by Crippen LogP contribution is 2.42. The number of nitrogens with zero attached hydrogens (tertiary/aromatic N) is 3. The molecule has 7 nitrogen and oxygen atoms in total. The Morgan fingerprint density at radius 3 is 2.39 bits per heavy atom. The molecule has 3 N–H and O–H groups in total. The second kappa shape index (κ2) is 10.7. The Morgan fingerprint density at radius 1 is 1.11 bits per heavy atom. The molecule has 2 aromatic carbocycles. The van der Waals surface area contributed by atoms with E-state index in [0.29, 0.717) is 22.7 Å². The summed E-state index contributed by atoms with van der Waals surface area (Å²) >= 11 is 0. The van der Waals surface area contributed by atoms with E-state index in [1.54, 1.807) is 40.0 Å². The zero-order chi connectivity index (χ0) is 27.8.